The number of hydrogen-bond donors (Lipinski definition) is 3. The Hall–Kier alpha value is -1.56. The minimum Gasteiger partial charge on any atom is -0.383 e. The molecule has 6 nitrogen and oxygen atoms in total. The average molecular weight is 239 g/mol. The first-order valence-corrected chi connectivity index (χ1v) is 5.77. The van der Waals surface area contributed by atoms with Gasteiger partial charge in [-0.1, -0.05) is 13.8 Å². The summed E-state index contributed by atoms with van der Waals surface area (Å²) in [5.41, 5.74) is 11.1. The number of hydrogen-bond acceptors (Lipinski definition) is 6. The summed E-state index contributed by atoms with van der Waals surface area (Å²) in [4.78, 5) is 7.91. The molecule has 0 spiro atoms. The summed E-state index contributed by atoms with van der Waals surface area (Å²) in [6.45, 7) is 7.52. The molecule has 0 amide bonds. The number of nitrogens with two attached hydrogens (primary N) is 2. The predicted molar refractivity (Wildman–Crippen MR) is 69.6 cm³/mol. The van der Waals surface area contributed by atoms with Crippen molar-refractivity contribution in [2.45, 2.75) is 26.8 Å². The van der Waals surface area contributed by atoms with E-state index in [2.05, 4.69) is 29.1 Å². The zero-order valence-electron chi connectivity index (χ0n) is 10.6. The molecule has 1 unspecified atom stereocenters. The van der Waals surface area contributed by atoms with Gasteiger partial charge in [0.15, 0.2) is 0 Å². The first kappa shape index (κ1) is 13.5. The van der Waals surface area contributed by atoms with Gasteiger partial charge in [0.1, 0.15) is 11.6 Å². The lowest BCUT2D eigenvalue weighted by Gasteiger charge is -2.22. The Morgan fingerprint density at radius 3 is 2.59 bits per heavy atom. The molecule has 0 saturated heterocycles. The second kappa shape index (κ2) is 6.24. The highest BCUT2D eigenvalue weighted by Crippen LogP contribution is 2.14. The fourth-order valence-electron chi connectivity index (χ4n) is 1.39. The van der Waals surface area contributed by atoms with Crippen molar-refractivity contribution in [3.05, 3.63) is 6.07 Å². The molecular weight excluding hydrogens is 218 g/mol. The molecule has 0 aliphatic rings. The maximum absolute atomic E-state index is 5.61. The lowest BCUT2D eigenvalue weighted by molar-refractivity contribution is 0.126. The van der Waals surface area contributed by atoms with Crippen LogP contribution in [0.25, 0.3) is 0 Å². The number of aromatic nitrogens is 2. The largest absolute Gasteiger partial charge is 0.383 e. The third-order valence-corrected chi connectivity index (χ3v) is 2.40. The van der Waals surface area contributed by atoms with Crippen LogP contribution in [0.1, 0.15) is 20.8 Å². The molecule has 0 fully saturated rings. The van der Waals surface area contributed by atoms with E-state index >= 15 is 0 Å². The Morgan fingerprint density at radius 1 is 1.35 bits per heavy atom. The van der Waals surface area contributed by atoms with Crippen LogP contribution in [-0.2, 0) is 4.74 Å². The second-order valence-electron chi connectivity index (χ2n) is 4.19. The quantitative estimate of drug-likeness (QED) is 0.688. The van der Waals surface area contributed by atoms with Gasteiger partial charge in [-0.25, -0.2) is 0 Å². The third kappa shape index (κ3) is 4.44. The van der Waals surface area contributed by atoms with Gasteiger partial charge in [0.05, 0.1) is 12.6 Å². The van der Waals surface area contributed by atoms with Gasteiger partial charge in [-0.05, 0) is 12.8 Å². The molecule has 96 valence electrons. The van der Waals surface area contributed by atoms with Crippen LogP contribution in [0.3, 0.4) is 0 Å². The Balaban J connectivity index is 2.71. The molecule has 0 bridgehead atoms. The van der Waals surface area contributed by atoms with Crippen LogP contribution in [-0.4, -0.2) is 29.2 Å². The van der Waals surface area contributed by atoms with E-state index in [0.29, 0.717) is 30.8 Å². The zero-order chi connectivity index (χ0) is 12.8. The molecular formula is C11H21N5O. The number of nitrogen functional groups attached to an aromatic ring is 2. The molecule has 1 atom stereocenters. The van der Waals surface area contributed by atoms with Crippen LogP contribution in [0.15, 0.2) is 6.07 Å². The lowest BCUT2D eigenvalue weighted by atomic mass is 10.1. The van der Waals surface area contributed by atoms with Gasteiger partial charge in [-0.2, -0.15) is 9.97 Å². The maximum Gasteiger partial charge on any atom is 0.223 e. The normalized spacial score (nSPS) is 12.7. The monoisotopic (exact) mass is 239 g/mol. The molecule has 6 heteroatoms. The fraction of sp³-hybridized carbons (Fsp3) is 0.636. The molecule has 0 radical (unpaired) electrons. The Bertz CT molecular complexity index is 335. The Kier molecular flexibility index (Phi) is 4.96. The number of nitrogens with one attached hydrogen (secondary N) is 1. The van der Waals surface area contributed by atoms with Crippen LogP contribution in [0, 0.1) is 5.92 Å². The smallest absolute Gasteiger partial charge is 0.223 e. The zero-order valence-corrected chi connectivity index (χ0v) is 10.6. The van der Waals surface area contributed by atoms with Crippen molar-refractivity contribution in [2.24, 2.45) is 5.92 Å². The summed E-state index contributed by atoms with van der Waals surface area (Å²) in [6, 6.07) is 1.83. The van der Waals surface area contributed by atoms with Crippen molar-refractivity contribution in [3.63, 3.8) is 0 Å². The van der Waals surface area contributed by atoms with E-state index in [1.807, 2.05) is 6.92 Å². The van der Waals surface area contributed by atoms with Gasteiger partial charge in [-0.3, -0.25) is 0 Å². The number of rotatable bonds is 6. The summed E-state index contributed by atoms with van der Waals surface area (Å²) in [5, 5.41) is 3.26. The van der Waals surface area contributed by atoms with Gasteiger partial charge in [0, 0.05) is 12.7 Å². The first-order valence-electron chi connectivity index (χ1n) is 5.77. The van der Waals surface area contributed by atoms with Gasteiger partial charge < -0.3 is 21.5 Å². The second-order valence-corrected chi connectivity index (χ2v) is 4.19. The highest BCUT2D eigenvalue weighted by atomic mass is 16.5. The summed E-state index contributed by atoms with van der Waals surface area (Å²) < 4.78 is 5.42. The molecule has 0 aromatic carbocycles. The van der Waals surface area contributed by atoms with E-state index in [1.54, 1.807) is 6.07 Å². The average Bonchev–Trinajstić information content (AvgIpc) is 2.22. The number of anilines is 3. The van der Waals surface area contributed by atoms with E-state index in [1.165, 1.54) is 0 Å². The molecule has 0 aliphatic carbocycles. The van der Waals surface area contributed by atoms with E-state index in [0.717, 1.165) is 0 Å². The molecule has 0 aliphatic heterocycles. The van der Waals surface area contributed by atoms with Gasteiger partial charge in [0.2, 0.25) is 5.95 Å². The maximum atomic E-state index is 5.61. The minimum absolute atomic E-state index is 0.170. The third-order valence-electron chi connectivity index (χ3n) is 2.40. The summed E-state index contributed by atoms with van der Waals surface area (Å²) in [7, 11) is 0. The molecule has 1 aromatic rings. The minimum atomic E-state index is 0.170. The summed E-state index contributed by atoms with van der Waals surface area (Å²) in [6.07, 6.45) is 0. The van der Waals surface area contributed by atoms with Crippen LogP contribution in [0.4, 0.5) is 17.6 Å². The fourth-order valence-corrected chi connectivity index (χ4v) is 1.39. The van der Waals surface area contributed by atoms with Crippen molar-refractivity contribution in [1.29, 1.82) is 0 Å². The van der Waals surface area contributed by atoms with Gasteiger partial charge in [-0.15, -0.1) is 0 Å². The lowest BCUT2D eigenvalue weighted by Crippen LogP contribution is -2.31. The molecule has 1 aromatic heterocycles. The van der Waals surface area contributed by atoms with E-state index < -0.39 is 0 Å². The number of ether oxygens (including phenoxy) is 1. The van der Waals surface area contributed by atoms with Crippen LogP contribution in [0.5, 0.6) is 0 Å². The highest BCUT2D eigenvalue weighted by molar-refractivity contribution is 5.48. The molecule has 17 heavy (non-hydrogen) atoms. The predicted octanol–water partition coefficient (Wildman–Crippen LogP) is 1.11. The summed E-state index contributed by atoms with van der Waals surface area (Å²) in [5.74, 6) is 1.58. The van der Waals surface area contributed by atoms with Crippen molar-refractivity contribution >= 4 is 17.6 Å². The first-order chi connectivity index (χ1) is 8.02. The van der Waals surface area contributed by atoms with E-state index in [-0.39, 0.29) is 12.0 Å². The van der Waals surface area contributed by atoms with Crippen molar-refractivity contribution in [1.82, 2.24) is 9.97 Å². The molecule has 5 N–H and O–H groups in total. The van der Waals surface area contributed by atoms with Crippen molar-refractivity contribution in [2.75, 3.05) is 30.0 Å². The van der Waals surface area contributed by atoms with Crippen LogP contribution >= 0.6 is 0 Å². The van der Waals surface area contributed by atoms with Crippen LogP contribution in [0.2, 0.25) is 0 Å². The SMILES string of the molecule is CCOCC(Nc1cc(N)nc(N)n1)C(C)C. The summed E-state index contributed by atoms with van der Waals surface area (Å²) >= 11 is 0. The Labute approximate surface area is 102 Å². The standard InChI is InChI=1S/C11H21N5O/c1-4-17-6-8(7(2)3)14-10-5-9(12)15-11(13)16-10/h5,7-8H,4,6H2,1-3H3,(H5,12,13,14,15,16). The molecule has 1 rings (SSSR count). The number of nitrogens with zero attached hydrogens (tertiary/aromatic N) is 2. The van der Waals surface area contributed by atoms with Gasteiger partial charge in [0.25, 0.3) is 0 Å². The van der Waals surface area contributed by atoms with Crippen LogP contribution < -0.4 is 16.8 Å². The van der Waals surface area contributed by atoms with Crippen molar-refractivity contribution in [3.8, 4) is 0 Å². The molecule has 0 saturated carbocycles. The Morgan fingerprint density at radius 2 is 2.06 bits per heavy atom. The van der Waals surface area contributed by atoms with Crippen molar-refractivity contribution < 1.29 is 4.74 Å². The highest BCUT2D eigenvalue weighted by Gasteiger charge is 2.14. The van der Waals surface area contributed by atoms with E-state index in [4.69, 9.17) is 16.2 Å². The molecule has 1 heterocycles. The topological polar surface area (TPSA) is 99.1 Å². The van der Waals surface area contributed by atoms with Gasteiger partial charge >= 0.3 is 0 Å². The van der Waals surface area contributed by atoms with E-state index in [9.17, 15) is 0 Å².